The number of carbonyl (C=O) groups is 2. The zero-order valence-electron chi connectivity index (χ0n) is 24.8. The van der Waals surface area contributed by atoms with Crippen molar-refractivity contribution in [2.24, 2.45) is 0 Å². The van der Waals surface area contributed by atoms with Crippen molar-refractivity contribution in [2.45, 2.75) is 65.5 Å². The number of imidazole rings is 1. The van der Waals surface area contributed by atoms with E-state index in [1.807, 2.05) is 43.9 Å². The second kappa shape index (κ2) is 12.2. The molecular formula is C32H41N5O3S. The quantitative estimate of drug-likeness (QED) is 0.223. The summed E-state index contributed by atoms with van der Waals surface area (Å²) in [5, 5.41) is 3.06. The van der Waals surface area contributed by atoms with Gasteiger partial charge in [0, 0.05) is 30.4 Å². The molecule has 1 N–H and O–H groups in total. The molecule has 0 bridgehead atoms. The lowest BCUT2D eigenvalue weighted by Gasteiger charge is -2.28. The van der Waals surface area contributed by atoms with E-state index in [0.29, 0.717) is 18.7 Å². The first-order chi connectivity index (χ1) is 19.7. The third-order valence-corrected chi connectivity index (χ3v) is 8.68. The van der Waals surface area contributed by atoms with E-state index >= 15 is 0 Å². The molecule has 1 fully saturated rings. The number of hydrogen-bond donors (Lipinski definition) is 1. The molecule has 5 rings (SSSR count). The van der Waals surface area contributed by atoms with Crippen molar-refractivity contribution in [3.8, 4) is 11.3 Å². The molecule has 0 saturated carbocycles. The van der Waals surface area contributed by atoms with E-state index in [-0.39, 0.29) is 18.0 Å². The second-order valence-corrected chi connectivity index (χ2v) is 12.7. The number of benzene rings is 2. The number of hydrogen-bond acceptors (Lipinski definition) is 6. The third kappa shape index (κ3) is 6.57. The maximum Gasteiger partial charge on any atom is 0.410 e. The van der Waals surface area contributed by atoms with Crippen LogP contribution in [-0.2, 0) is 4.74 Å². The predicted molar refractivity (Wildman–Crippen MR) is 166 cm³/mol. The first-order valence-electron chi connectivity index (χ1n) is 14.7. The largest absolute Gasteiger partial charge is 0.444 e. The smallest absolute Gasteiger partial charge is 0.410 e. The van der Waals surface area contributed by atoms with E-state index < -0.39 is 5.60 Å². The number of aromatic nitrogens is 2. The summed E-state index contributed by atoms with van der Waals surface area (Å²) < 4.78 is 8.77. The molecule has 218 valence electrons. The third-order valence-electron chi connectivity index (χ3n) is 7.66. The van der Waals surface area contributed by atoms with Gasteiger partial charge in [0.1, 0.15) is 5.60 Å². The number of ether oxygens (including phenoxy) is 1. The normalized spacial score (nSPS) is 15.8. The Morgan fingerprint density at radius 3 is 2.59 bits per heavy atom. The summed E-state index contributed by atoms with van der Waals surface area (Å²) in [6, 6.07) is 14.2. The minimum Gasteiger partial charge on any atom is -0.444 e. The lowest BCUT2D eigenvalue weighted by molar-refractivity contribution is 0.0224. The number of rotatable bonds is 9. The van der Waals surface area contributed by atoms with Gasteiger partial charge in [0.25, 0.3) is 5.91 Å². The summed E-state index contributed by atoms with van der Waals surface area (Å²) in [7, 11) is 0. The van der Waals surface area contributed by atoms with E-state index in [0.717, 1.165) is 70.9 Å². The molecule has 0 spiro atoms. The SMILES string of the molecule is CCN(CC)CCCNC(=O)c1ccc2c(c1)sc1nc(-c3ccc([C@@H]4CCCN4C(=O)OC(C)(C)C)cc3)cn12. The highest BCUT2D eigenvalue weighted by atomic mass is 32.1. The molecule has 0 unspecified atom stereocenters. The van der Waals surface area contributed by atoms with Crippen LogP contribution < -0.4 is 5.32 Å². The van der Waals surface area contributed by atoms with E-state index in [9.17, 15) is 9.59 Å². The van der Waals surface area contributed by atoms with Crippen molar-refractivity contribution < 1.29 is 14.3 Å². The maximum absolute atomic E-state index is 12.7. The van der Waals surface area contributed by atoms with Crippen LogP contribution in [0.4, 0.5) is 4.79 Å². The van der Waals surface area contributed by atoms with Crippen molar-refractivity contribution in [2.75, 3.05) is 32.7 Å². The topological polar surface area (TPSA) is 79.2 Å². The van der Waals surface area contributed by atoms with Gasteiger partial charge in [-0.15, -0.1) is 0 Å². The maximum atomic E-state index is 12.7. The number of likely N-dealkylation sites (tertiary alicyclic amines) is 1. The molecule has 1 aliphatic rings. The molecule has 2 aromatic carbocycles. The van der Waals surface area contributed by atoms with Crippen LogP contribution in [0.5, 0.6) is 0 Å². The number of nitrogens with one attached hydrogen (secondary N) is 1. The van der Waals surface area contributed by atoms with Gasteiger partial charge in [0.05, 0.1) is 22.0 Å². The molecule has 9 heteroatoms. The molecule has 8 nitrogen and oxygen atoms in total. The molecule has 1 aliphatic heterocycles. The van der Waals surface area contributed by atoms with Gasteiger partial charge in [-0.25, -0.2) is 9.78 Å². The van der Waals surface area contributed by atoms with Crippen LogP contribution in [-0.4, -0.2) is 69.5 Å². The molecule has 0 aliphatic carbocycles. The Balaban J connectivity index is 1.26. The Morgan fingerprint density at radius 2 is 1.88 bits per heavy atom. The number of nitrogens with zero attached hydrogens (tertiary/aromatic N) is 4. The van der Waals surface area contributed by atoms with E-state index in [2.05, 4.69) is 58.9 Å². The molecule has 4 aromatic rings. The highest BCUT2D eigenvalue weighted by Crippen LogP contribution is 2.35. The van der Waals surface area contributed by atoms with Crippen LogP contribution in [0.2, 0.25) is 0 Å². The zero-order chi connectivity index (χ0) is 29.1. The Hall–Kier alpha value is -3.43. The van der Waals surface area contributed by atoms with Gasteiger partial charge in [0.2, 0.25) is 0 Å². The van der Waals surface area contributed by atoms with Crippen molar-refractivity contribution in [3.05, 3.63) is 59.8 Å². The molecule has 2 aromatic heterocycles. The minimum absolute atomic E-state index is 0.0297. The molecule has 2 amide bonds. The molecular weight excluding hydrogens is 534 g/mol. The summed E-state index contributed by atoms with van der Waals surface area (Å²) >= 11 is 1.59. The standard InChI is InChI=1S/C32H41N5O3S/c1-6-35(7-2)18-9-17-33-29(38)24-15-16-27-28(20-24)41-30-34-25(21-37(27)30)22-11-13-23(14-12-22)26-10-8-19-36(26)31(39)40-32(3,4)5/h11-16,20-21,26H,6-10,17-19H2,1-5H3,(H,33,38)/t26-/m0/s1. The molecule has 1 saturated heterocycles. The summed E-state index contributed by atoms with van der Waals surface area (Å²) in [5.74, 6) is -0.0363. The van der Waals surface area contributed by atoms with Crippen molar-refractivity contribution in [1.82, 2.24) is 24.5 Å². The van der Waals surface area contributed by atoms with Gasteiger partial charge < -0.3 is 19.9 Å². The Bertz CT molecular complexity index is 1510. The average Bonchev–Trinajstić information content (AvgIpc) is 3.67. The highest BCUT2D eigenvalue weighted by Gasteiger charge is 2.33. The fourth-order valence-corrected chi connectivity index (χ4v) is 6.50. The monoisotopic (exact) mass is 575 g/mol. The van der Waals surface area contributed by atoms with Crippen molar-refractivity contribution in [1.29, 1.82) is 0 Å². The summed E-state index contributed by atoms with van der Waals surface area (Å²) in [6.07, 6.45) is 4.64. The molecule has 0 radical (unpaired) electrons. The van der Waals surface area contributed by atoms with E-state index in [1.54, 1.807) is 11.3 Å². The van der Waals surface area contributed by atoms with Gasteiger partial charge in [-0.1, -0.05) is 49.4 Å². The lowest BCUT2D eigenvalue weighted by atomic mass is 10.0. The lowest BCUT2D eigenvalue weighted by Crippen LogP contribution is -2.36. The van der Waals surface area contributed by atoms with Gasteiger partial charge in [-0.2, -0.15) is 0 Å². The van der Waals surface area contributed by atoms with Gasteiger partial charge >= 0.3 is 6.09 Å². The molecule has 41 heavy (non-hydrogen) atoms. The Labute approximate surface area is 246 Å². The highest BCUT2D eigenvalue weighted by molar-refractivity contribution is 7.23. The number of carbonyl (C=O) groups excluding carboxylic acids is 2. The van der Waals surface area contributed by atoms with E-state index in [1.165, 1.54) is 0 Å². The van der Waals surface area contributed by atoms with E-state index in [4.69, 9.17) is 9.72 Å². The zero-order valence-corrected chi connectivity index (χ0v) is 25.6. The second-order valence-electron chi connectivity index (χ2n) is 11.7. The Morgan fingerprint density at radius 1 is 1.12 bits per heavy atom. The van der Waals surface area contributed by atoms with Gasteiger partial charge in [-0.3, -0.25) is 9.20 Å². The average molecular weight is 576 g/mol. The summed E-state index contributed by atoms with van der Waals surface area (Å²) in [6.45, 7) is 14.5. The van der Waals surface area contributed by atoms with Gasteiger partial charge in [0.15, 0.2) is 4.96 Å². The van der Waals surface area contributed by atoms with Crippen molar-refractivity contribution in [3.63, 3.8) is 0 Å². The summed E-state index contributed by atoms with van der Waals surface area (Å²) in [4.78, 5) is 35.5. The summed E-state index contributed by atoms with van der Waals surface area (Å²) in [5.41, 5.74) is 4.24. The molecule has 3 heterocycles. The number of amides is 2. The van der Waals surface area contributed by atoms with Crippen molar-refractivity contribution >= 4 is 38.5 Å². The Kier molecular flexibility index (Phi) is 8.66. The fourth-order valence-electron chi connectivity index (χ4n) is 5.46. The minimum atomic E-state index is -0.509. The fraction of sp³-hybridized carbons (Fsp3) is 0.469. The van der Waals surface area contributed by atoms with Crippen LogP contribution >= 0.6 is 11.3 Å². The number of thiazole rings is 1. The first kappa shape index (κ1) is 29.1. The molecule has 1 atom stereocenters. The predicted octanol–water partition coefficient (Wildman–Crippen LogP) is 6.75. The van der Waals surface area contributed by atoms with Crippen LogP contribution in [0.1, 0.15) is 75.8 Å². The van der Waals surface area contributed by atoms with Gasteiger partial charge in [-0.05, 0) is 83.4 Å². The van der Waals surface area contributed by atoms with Crippen LogP contribution in [0, 0.1) is 0 Å². The number of fused-ring (bicyclic) bond motifs is 3. The van der Waals surface area contributed by atoms with Crippen LogP contribution in [0.25, 0.3) is 26.4 Å². The van der Waals surface area contributed by atoms with Crippen LogP contribution in [0.15, 0.2) is 48.7 Å². The van der Waals surface area contributed by atoms with Crippen LogP contribution in [0.3, 0.4) is 0 Å². The first-order valence-corrected chi connectivity index (χ1v) is 15.5.